The van der Waals surface area contributed by atoms with Crippen LogP contribution in [-0.2, 0) is 42.2 Å². The molecule has 0 aliphatic heterocycles. The van der Waals surface area contributed by atoms with Gasteiger partial charge in [-0.15, -0.1) is 11.5 Å². The number of unbranched alkanes of at least 4 members (excludes halogenated alkanes) is 30. The summed E-state index contributed by atoms with van der Waals surface area (Å²) < 4.78 is 0. The van der Waals surface area contributed by atoms with Gasteiger partial charge in [-0.2, -0.15) is 0 Å². The molecular formula is C69H114N2NiO2Si. The topological polar surface area (TPSA) is 70.8 Å². The molecule has 0 spiro atoms. The van der Waals surface area contributed by atoms with E-state index in [9.17, 15) is 10.2 Å². The summed E-state index contributed by atoms with van der Waals surface area (Å²) in [6, 6.07) is 22.9. The van der Waals surface area contributed by atoms with Crippen molar-refractivity contribution in [2.24, 2.45) is 9.98 Å². The van der Waals surface area contributed by atoms with Gasteiger partial charge in [-0.05, 0) is 99.8 Å². The minimum atomic E-state index is -1.09. The summed E-state index contributed by atoms with van der Waals surface area (Å²) >= 11 is 0. The summed E-state index contributed by atoms with van der Waals surface area (Å²) in [4.78, 5) is 10.3. The molecule has 0 aromatic heterocycles. The van der Waals surface area contributed by atoms with Crippen molar-refractivity contribution in [2.45, 2.75) is 304 Å². The minimum Gasteiger partial charge on any atom is -0.873 e. The van der Waals surface area contributed by atoms with Crippen molar-refractivity contribution in [1.82, 2.24) is 0 Å². The molecule has 3 rings (SSSR count). The van der Waals surface area contributed by atoms with Crippen LogP contribution in [0.5, 0.6) is 11.5 Å². The molecular weight excluding hydrogens is 976 g/mol. The second kappa shape index (κ2) is 47.1. The molecule has 0 aliphatic carbocycles. The molecule has 0 unspecified atom stereocenters. The SMILES string of the molecule is CCCCCCCCCCCCCCCCCCCCC=CC(=Nc1ccc(CCCCCCCCCCCCC)cc1)C(C)=Nc1cccc(CC[Si](C)(C)C)c1.CCCCCc1ccc(CCC)c([O-])c1[O-].[Ni+2]. The number of allylic oxidation sites excluding steroid dienone is 2. The molecule has 4 nitrogen and oxygen atoms in total. The number of nitrogens with zero attached hydrogens (tertiary/aromatic N) is 2. The van der Waals surface area contributed by atoms with E-state index < -0.39 is 8.07 Å². The molecule has 0 fully saturated rings. The Kier molecular flexibility index (Phi) is 44.0. The zero-order chi connectivity index (χ0) is 53.8. The first-order valence-electron chi connectivity index (χ1n) is 31.5. The Balaban J connectivity index is 0.00000140. The summed E-state index contributed by atoms with van der Waals surface area (Å²) in [5.41, 5.74) is 8.22. The van der Waals surface area contributed by atoms with E-state index in [1.165, 1.54) is 210 Å². The van der Waals surface area contributed by atoms with E-state index in [0.717, 1.165) is 67.7 Å². The third kappa shape index (κ3) is 37.5. The Bertz CT molecular complexity index is 1900. The van der Waals surface area contributed by atoms with Crippen LogP contribution in [0.4, 0.5) is 11.4 Å². The van der Waals surface area contributed by atoms with Crippen molar-refractivity contribution in [3.8, 4) is 11.5 Å². The van der Waals surface area contributed by atoms with Gasteiger partial charge >= 0.3 is 16.5 Å². The van der Waals surface area contributed by atoms with Gasteiger partial charge in [-0.3, -0.25) is 4.99 Å². The van der Waals surface area contributed by atoms with Crippen molar-refractivity contribution < 1.29 is 26.7 Å². The smallest absolute Gasteiger partial charge is 0.873 e. The first kappa shape index (κ1) is 70.1. The van der Waals surface area contributed by atoms with E-state index in [0.29, 0.717) is 17.5 Å². The number of hydrogen-bond donors (Lipinski definition) is 0. The van der Waals surface area contributed by atoms with Crippen molar-refractivity contribution in [3.63, 3.8) is 0 Å². The average molecular weight is 1090 g/mol. The van der Waals surface area contributed by atoms with E-state index in [2.05, 4.69) is 108 Å². The Morgan fingerprint density at radius 1 is 0.427 bits per heavy atom. The summed E-state index contributed by atoms with van der Waals surface area (Å²) in [6.07, 6.45) is 54.4. The predicted octanol–water partition coefficient (Wildman–Crippen LogP) is 21.8. The quantitative estimate of drug-likeness (QED) is 0.0322. The first-order valence-corrected chi connectivity index (χ1v) is 35.2. The number of aryl methyl sites for hydroxylation is 4. The van der Waals surface area contributed by atoms with Crippen LogP contribution >= 0.6 is 0 Å². The standard InChI is InChI=1S/C55H94N2Si.C14H22O2.Ni/c1-7-9-11-13-15-17-19-20-21-22-23-24-25-26-27-29-31-33-35-37-42-55(50(3)56-54-41-38-40-52(49-54)47-48-58(4,5)6)57-53-45-43-51(44-46-53)39-36-34-32-30-28-18-16-14-12-10-8-2;1-3-5-6-8-12-10-9-11(7-4-2)13(15)14(12)16;/h37-38,40-46,49H,7-36,39,47-48H2,1-6H3;9-10,15-16H,3-8H2,1-2H3;/q;;+2/p-2. The van der Waals surface area contributed by atoms with Crippen LogP contribution in [0.15, 0.2) is 82.8 Å². The van der Waals surface area contributed by atoms with E-state index in [-0.39, 0.29) is 28.0 Å². The summed E-state index contributed by atoms with van der Waals surface area (Å²) in [7, 11) is -1.09. The van der Waals surface area contributed by atoms with Crippen LogP contribution in [0.2, 0.25) is 25.7 Å². The van der Waals surface area contributed by atoms with Crippen LogP contribution in [-0.4, -0.2) is 19.5 Å². The van der Waals surface area contributed by atoms with Gasteiger partial charge in [0.2, 0.25) is 0 Å². The van der Waals surface area contributed by atoms with Gasteiger partial charge < -0.3 is 10.2 Å². The fraction of sp³-hybridized carbons (Fsp3) is 0.681. The van der Waals surface area contributed by atoms with Gasteiger partial charge in [0.05, 0.1) is 22.8 Å². The molecule has 426 valence electrons. The zero-order valence-corrected chi connectivity index (χ0v) is 52.0. The van der Waals surface area contributed by atoms with Gasteiger partial charge in [0.25, 0.3) is 0 Å². The van der Waals surface area contributed by atoms with Gasteiger partial charge in [0.15, 0.2) is 0 Å². The Labute approximate surface area is 475 Å². The molecule has 75 heavy (non-hydrogen) atoms. The number of benzene rings is 3. The molecule has 3 aromatic rings. The van der Waals surface area contributed by atoms with Crippen molar-refractivity contribution in [1.29, 1.82) is 0 Å². The van der Waals surface area contributed by atoms with E-state index in [1.807, 2.05) is 19.1 Å². The van der Waals surface area contributed by atoms with Crippen LogP contribution in [0.1, 0.15) is 275 Å². The summed E-state index contributed by atoms with van der Waals surface area (Å²) in [5.74, 6) is -0.557. The number of rotatable bonds is 44. The summed E-state index contributed by atoms with van der Waals surface area (Å²) in [6.45, 7) is 18.3. The maximum absolute atomic E-state index is 11.7. The molecule has 0 N–H and O–H groups in total. The molecule has 0 saturated carbocycles. The van der Waals surface area contributed by atoms with Gasteiger partial charge in [0, 0.05) is 8.07 Å². The summed E-state index contributed by atoms with van der Waals surface area (Å²) in [5, 5.41) is 23.4. The fourth-order valence-corrected chi connectivity index (χ4v) is 10.9. The molecule has 0 heterocycles. The van der Waals surface area contributed by atoms with E-state index >= 15 is 0 Å². The maximum atomic E-state index is 11.7. The fourth-order valence-electron chi connectivity index (χ4n) is 9.89. The van der Waals surface area contributed by atoms with Crippen molar-refractivity contribution in [2.75, 3.05) is 0 Å². The zero-order valence-electron chi connectivity index (χ0n) is 50.0. The molecule has 0 radical (unpaired) electrons. The second-order valence-electron chi connectivity index (χ2n) is 23.3. The minimum absolute atomic E-state index is 0. The number of hydrogen-bond acceptors (Lipinski definition) is 4. The Morgan fingerprint density at radius 3 is 1.32 bits per heavy atom. The van der Waals surface area contributed by atoms with E-state index in [1.54, 1.807) is 0 Å². The van der Waals surface area contributed by atoms with Crippen molar-refractivity contribution in [3.05, 3.63) is 95.1 Å². The van der Waals surface area contributed by atoms with Crippen LogP contribution in [0.3, 0.4) is 0 Å². The predicted molar refractivity (Wildman–Crippen MR) is 330 cm³/mol. The Morgan fingerprint density at radius 2 is 0.853 bits per heavy atom. The monoisotopic (exact) mass is 1090 g/mol. The third-order valence-electron chi connectivity index (χ3n) is 14.8. The van der Waals surface area contributed by atoms with Crippen LogP contribution in [0, 0.1) is 0 Å². The maximum Gasteiger partial charge on any atom is 2.00 e. The molecule has 0 amide bonds. The largest absolute Gasteiger partial charge is 2.00 e. The Hall–Kier alpha value is -2.95. The number of aliphatic imine (C=N–C) groups is 2. The third-order valence-corrected chi connectivity index (χ3v) is 16.6. The van der Waals surface area contributed by atoms with E-state index in [4.69, 9.17) is 9.98 Å². The molecule has 0 bridgehead atoms. The molecule has 0 aliphatic rings. The molecule has 0 saturated heterocycles. The molecule has 3 aromatic carbocycles. The van der Waals surface area contributed by atoms with Crippen LogP contribution < -0.4 is 10.2 Å². The second-order valence-corrected chi connectivity index (χ2v) is 28.9. The molecule has 6 heteroatoms. The average Bonchev–Trinajstić information content (AvgIpc) is 3.39. The normalized spacial score (nSPS) is 12.1. The van der Waals surface area contributed by atoms with Gasteiger partial charge in [-0.25, -0.2) is 4.99 Å². The molecule has 0 atom stereocenters. The first-order chi connectivity index (χ1) is 36.0. The van der Waals surface area contributed by atoms with Crippen molar-refractivity contribution >= 4 is 30.9 Å². The van der Waals surface area contributed by atoms with Crippen LogP contribution in [0.25, 0.3) is 0 Å². The van der Waals surface area contributed by atoms with Gasteiger partial charge in [0.1, 0.15) is 0 Å². The van der Waals surface area contributed by atoms with Gasteiger partial charge in [-0.1, -0.05) is 300 Å².